The Morgan fingerprint density at radius 2 is 1.86 bits per heavy atom. The standard InChI is InChI=1S/C12H25NO/c1-2-3-4-5-6-7-8-9-10-12(14)11-13/h7-8,12,14H,2-6,9-11,13H2,1H3/b8-7+. The van der Waals surface area contributed by atoms with Gasteiger partial charge in [0, 0.05) is 6.54 Å². The second-order valence-corrected chi connectivity index (χ2v) is 3.79. The van der Waals surface area contributed by atoms with E-state index < -0.39 is 0 Å². The number of rotatable bonds is 9. The summed E-state index contributed by atoms with van der Waals surface area (Å²) >= 11 is 0. The molecule has 2 heteroatoms. The van der Waals surface area contributed by atoms with E-state index in [2.05, 4.69) is 19.1 Å². The molecule has 0 amide bonds. The number of allylic oxidation sites excluding steroid dienone is 2. The lowest BCUT2D eigenvalue weighted by Crippen LogP contribution is -2.18. The zero-order valence-corrected chi connectivity index (χ0v) is 9.41. The van der Waals surface area contributed by atoms with Crippen LogP contribution < -0.4 is 5.73 Å². The number of hydrogen-bond acceptors (Lipinski definition) is 2. The van der Waals surface area contributed by atoms with Crippen molar-refractivity contribution in [2.45, 2.75) is 58.0 Å². The van der Waals surface area contributed by atoms with Crippen LogP contribution in [0.3, 0.4) is 0 Å². The van der Waals surface area contributed by atoms with E-state index in [1.54, 1.807) is 0 Å². The van der Waals surface area contributed by atoms with Crippen LogP contribution in [0.4, 0.5) is 0 Å². The maximum absolute atomic E-state index is 9.17. The molecule has 0 aliphatic rings. The SMILES string of the molecule is CCCCCC/C=C/CCC(O)CN. The van der Waals surface area contributed by atoms with Crippen molar-refractivity contribution in [3.05, 3.63) is 12.2 Å². The molecular weight excluding hydrogens is 174 g/mol. The fraction of sp³-hybridized carbons (Fsp3) is 0.833. The summed E-state index contributed by atoms with van der Waals surface area (Å²) in [6, 6.07) is 0. The Balaban J connectivity index is 3.11. The fourth-order valence-electron chi connectivity index (χ4n) is 1.33. The lowest BCUT2D eigenvalue weighted by molar-refractivity contribution is 0.174. The van der Waals surface area contributed by atoms with Crippen molar-refractivity contribution in [2.24, 2.45) is 5.73 Å². The minimum absolute atomic E-state index is 0.320. The molecule has 0 fully saturated rings. The summed E-state index contributed by atoms with van der Waals surface area (Å²) in [5.74, 6) is 0. The van der Waals surface area contributed by atoms with E-state index >= 15 is 0 Å². The van der Waals surface area contributed by atoms with Crippen molar-refractivity contribution in [3.8, 4) is 0 Å². The Morgan fingerprint density at radius 3 is 2.50 bits per heavy atom. The first-order valence-corrected chi connectivity index (χ1v) is 5.84. The molecular formula is C12H25NO. The Morgan fingerprint density at radius 1 is 1.14 bits per heavy atom. The number of nitrogens with two attached hydrogens (primary N) is 1. The highest BCUT2D eigenvalue weighted by molar-refractivity contribution is 4.82. The predicted octanol–water partition coefficient (Wildman–Crippen LogP) is 2.61. The van der Waals surface area contributed by atoms with E-state index in [9.17, 15) is 5.11 Å². The highest BCUT2D eigenvalue weighted by Crippen LogP contribution is 2.04. The van der Waals surface area contributed by atoms with Crippen molar-refractivity contribution >= 4 is 0 Å². The first-order valence-electron chi connectivity index (χ1n) is 5.84. The van der Waals surface area contributed by atoms with E-state index in [0.29, 0.717) is 6.54 Å². The van der Waals surface area contributed by atoms with Gasteiger partial charge in [-0.05, 0) is 25.7 Å². The van der Waals surface area contributed by atoms with E-state index in [4.69, 9.17) is 5.73 Å². The summed E-state index contributed by atoms with van der Waals surface area (Å²) in [4.78, 5) is 0. The lowest BCUT2D eigenvalue weighted by atomic mass is 10.1. The van der Waals surface area contributed by atoms with Gasteiger partial charge >= 0.3 is 0 Å². The number of aliphatic hydroxyl groups is 1. The summed E-state index contributed by atoms with van der Waals surface area (Å²) in [5.41, 5.74) is 5.29. The van der Waals surface area contributed by atoms with Crippen molar-refractivity contribution in [2.75, 3.05) is 6.54 Å². The highest BCUT2D eigenvalue weighted by atomic mass is 16.3. The topological polar surface area (TPSA) is 46.2 Å². The molecule has 14 heavy (non-hydrogen) atoms. The lowest BCUT2D eigenvalue weighted by Gasteiger charge is -2.03. The van der Waals surface area contributed by atoms with Gasteiger partial charge in [0.1, 0.15) is 0 Å². The van der Waals surface area contributed by atoms with Gasteiger partial charge in [0.25, 0.3) is 0 Å². The molecule has 0 aromatic heterocycles. The van der Waals surface area contributed by atoms with Crippen LogP contribution in [0, 0.1) is 0 Å². The van der Waals surface area contributed by atoms with Gasteiger partial charge in [-0.25, -0.2) is 0 Å². The number of hydrogen-bond donors (Lipinski definition) is 2. The molecule has 0 aliphatic heterocycles. The molecule has 0 saturated heterocycles. The molecule has 1 unspecified atom stereocenters. The molecule has 1 atom stereocenters. The maximum atomic E-state index is 9.17. The Kier molecular flexibility index (Phi) is 10.5. The van der Waals surface area contributed by atoms with Crippen LogP contribution >= 0.6 is 0 Å². The molecule has 0 spiro atoms. The average Bonchev–Trinajstić information content (AvgIpc) is 2.21. The molecule has 0 aliphatic carbocycles. The van der Waals surface area contributed by atoms with Crippen LogP contribution in [-0.2, 0) is 0 Å². The molecule has 0 radical (unpaired) electrons. The second-order valence-electron chi connectivity index (χ2n) is 3.79. The zero-order chi connectivity index (χ0) is 10.6. The van der Waals surface area contributed by atoms with Gasteiger partial charge in [0.15, 0.2) is 0 Å². The van der Waals surface area contributed by atoms with Gasteiger partial charge in [-0.1, -0.05) is 38.3 Å². The third kappa shape index (κ3) is 9.75. The molecule has 84 valence electrons. The fourth-order valence-corrected chi connectivity index (χ4v) is 1.33. The summed E-state index contributed by atoms with van der Waals surface area (Å²) in [7, 11) is 0. The van der Waals surface area contributed by atoms with Gasteiger partial charge in [-0.2, -0.15) is 0 Å². The first-order chi connectivity index (χ1) is 6.81. The van der Waals surface area contributed by atoms with Crippen molar-refractivity contribution < 1.29 is 5.11 Å². The summed E-state index contributed by atoms with van der Waals surface area (Å²) in [5, 5.41) is 9.17. The first kappa shape index (κ1) is 13.7. The van der Waals surface area contributed by atoms with Crippen LogP contribution in [0.25, 0.3) is 0 Å². The molecule has 0 saturated carbocycles. The normalized spacial score (nSPS) is 13.6. The minimum atomic E-state index is -0.320. The van der Waals surface area contributed by atoms with Gasteiger partial charge in [-0.15, -0.1) is 0 Å². The Labute approximate surface area is 88.2 Å². The maximum Gasteiger partial charge on any atom is 0.0665 e. The largest absolute Gasteiger partial charge is 0.392 e. The van der Waals surface area contributed by atoms with Crippen molar-refractivity contribution in [3.63, 3.8) is 0 Å². The van der Waals surface area contributed by atoms with Gasteiger partial charge < -0.3 is 10.8 Å². The third-order valence-electron chi connectivity index (χ3n) is 2.33. The third-order valence-corrected chi connectivity index (χ3v) is 2.33. The molecule has 2 nitrogen and oxygen atoms in total. The number of aliphatic hydroxyl groups excluding tert-OH is 1. The minimum Gasteiger partial charge on any atom is -0.392 e. The summed E-state index contributed by atoms with van der Waals surface area (Å²) < 4.78 is 0. The van der Waals surface area contributed by atoms with Gasteiger partial charge in [0.2, 0.25) is 0 Å². The van der Waals surface area contributed by atoms with Crippen LogP contribution in [0.1, 0.15) is 51.9 Å². The van der Waals surface area contributed by atoms with Crippen molar-refractivity contribution in [1.29, 1.82) is 0 Å². The molecule has 0 bridgehead atoms. The zero-order valence-electron chi connectivity index (χ0n) is 9.41. The molecule has 0 aromatic rings. The quantitative estimate of drug-likeness (QED) is 0.443. The van der Waals surface area contributed by atoms with E-state index in [1.165, 1.54) is 32.1 Å². The Hall–Kier alpha value is -0.340. The van der Waals surface area contributed by atoms with Crippen LogP contribution in [0.15, 0.2) is 12.2 Å². The molecule has 0 aromatic carbocycles. The second kappa shape index (κ2) is 10.7. The van der Waals surface area contributed by atoms with Crippen molar-refractivity contribution in [1.82, 2.24) is 0 Å². The van der Waals surface area contributed by atoms with Crippen LogP contribution in [-0.4, -0.2) is 17.8 Å². The highest BCUT2D eigenvalue weighted by Gasteiger charge is 1.96. The van der Waals surface area contributed by atoms with Gasteiger partial charge in [0.05, 0.1) is 6.10 Å². The van der Waals surface area contributed by atoms with Crippen LogP contribution in [0.2, 0.25) is 0 Å². The number of unbranched alkanes of at least 4 members (excludes halogenated alkanes) is 4. The molecule has 3 N–H and O–H groups in total. The monoisotopic (exact) mass is 199 g/mol. The van der Waals surface area contributed by atoms with E-state index in [-0.39, 0.29) is 6.10 Å². The average molecular weight is 199 g/mol. The van der Waals surface area contributed by atoms with E-state index in [0.717, 1.165) is 12.8 Å². The summed E-state index contributed by atoms with van der Waals surface area (Å²) in [6.45, 7) is 2.61. The summed E-state index contributed by atoms with van der Waals surface area (Å²) in [6.07, 6.45) is 12.3. The van der Waals surface area contributed by atoms with Gasteiger partial charge in [-0.3, -0.25) is 0 Å². The predicted molar refractivity (Wildman–Crippen MR) is 62.2 cm³/mol. The van der Waals surface area contributed by atoms with E-state index in [1.807, 2.05) is 0 Å². The Bertz CT molecular complexity index is 134. The van der Waals surface area contributed by atoms with Crippen LogP contribution in [0.5, 0.6) is 0 Å². The smallest absolute Gasteiger partial charge is 0.0665 e. The molecule has 0 rings (SSSR count). The molecule has 0 heterocycles.